The van der Waals surface area contributed by atoms with Gasteiger partial charge in [-0.25, -0.2) is 9.59 Å². The zero-order valence-electron chi connectivity index (χ0n) is 16.4. The number of fused-ring (bicyclic) bond motifs is 2. The van der Waals surface area contributed by atoms with Gasteiger partial charge in [0.05, 0.1) is 11.1 Å². The summed E-state index contributed by atoms with van der Waals surface area (Å²) in [5, 5.41) is 9.00. The predicted molar refractivity (Wildman–Crippen MR) is 131 cm³/mol. The van der Waals surface area contributed by atoms with E-state index in [0.29, 0.717) is 22.3 Å². The Morgan fingerprint density at radius 3 is 1.41 bits per heavy atom. The third-order valence-corrected chi connectivity index (χ3v) is 7.71. The molecule has 0 amide bonds. The molecule has 0 fully saturated rings. The van der Waals surface area contributed by atoms with E-state index in [1.807, 2.05) is 71.4 Å². The standard InChI is InChI=1S/C26H12O4S2/c27-25-24(18-10-4-12-32-18)22-14-6-2-8-16-20(14)21(13-5-1-7-15(29-25)19(13)22)23(26(28)30-16)17-9-3-11-31-17/h1-12H. The van der Waals surface area contributed by atoms with Crippen molar-refractivity contribution in [1.82, 2.24) is 0 Å². The molecule has 4 nitrogen and oxygen atoms in total. The van der Waals surface area contributed by atoms with Crippen molar-refractivity contribution in [2.75, 3.05) is 0 Å². The van der Waals surface area contributed by atoms with Crippen molar-refractivity contribution < 1.29 is 8.83 Å². The summed E-state index contributed by atoms with van der Waals surface area (Å²) in [4.78, 5) is 28.0. The van der Waals surface area contributed by atoms with Crippen LogP contribution in [0.4, 0.5) is 0 Å². The second-order valence-corrected chi connectivity index (χ2v) is 9.49. The molecule has 7 rings (SSSR count). The summed E-state index contributed by atoms with van der Waals surface area (Å²) >= 11 is 3.00. The monoisotopic (exact) mass is 452 g/mol. The van der Waals surface area contributed by atoms with E-state index in [1.54, 1.807) is 0 Å². The molecule has 4 aromatic heterocycles. The minimum absolute atomic E-state index is 0.372. The van der Waals surface area contributed by atoms with Gasteiger partial charge in [0.2, 0.25) is 0 Å². The molecule has 0 aliphatic heterocycles. The Kier molecular flexibility index (Phi) is 3.57. The highest BCUT2D eigenvalue weighted by Gasteiger charge is 2.25. The van der Waals surface area contributed by atoms with E-state index >= 15 is 0 Å². The quantitative estimate of drug-likeness (QED) is 0.159. The van der Waals surface area contributed by atoms with E-state index in [2.05, 4.69) is 0 Å². The van der Waals surface area contributed by atoms with Gasteiger partial charge in [-0.2, -0.15) is 0 Å². The van der Waals surface area contributed by atoms with Crippen LogP contribution in [0.25, 0.3) is 64.4 Å². The first-order chi connectivity index (χ1) is 15.7. The molecule has 0 spiro atoms. The number of hydrogen-bond acceptors (Lipinski definition) is 6. The van der Waals surface area contributed by atoms with Gasteiger partial charge in [0.1, 0.15) is 11.2 Å². The maximum absolute atomic E-state index is 13.2. The Labute approximate surface area is 187 Å². The molecule has 0 N–H and O–H groups in total. The number of thiophene rings is 2. The van der Waals surface area contributed by atoms with Crippen LogP contribution < -0.4 is 11.3 Å². The lowest BCUT2D eigenvalue weighted by molar-refractivity contribution is 0.564. The van der Waals surface area contributed by atoms with Crippen molar-refractivity contribution in [3.05, 3.63) is 92.3 Å². The maximum atomic E-state index is 13.2. The molecule has 3 aromatic carbocycles. The fourth-order valence-corrected chi connectivity index (χ4v) is 6.28. The summed E-state index contributed by atoms with van der Waals surface area (Å²) in [5.74, 6) is 0. The van der Waals surface area contributed by atoms with Crippen molar-refractivity contribution >= 4 is 66.2 Å². The molecular formula is C26H12O4S2. The topological polar surface area (TPSA) is 60.4 Å². The van der Waals surface area contributed by atoms with Gasteiger partial charge in [0, 0.05) is 31.3 Å². The van der Waals surface area contributed by atoms with Crippen molar-refractivity contribution in [2.24, 2.45) is 0 Å². The Bertz CT molecular complexity index is 1760. The average Bonchev–Trinajstić information content (AvgIpc) is 3.50. The molecule has 0 aliphatic carbocycles. The van der Waals surface area contributed by atoms with Gasteiger partial charge in [-0.05, 0) is 45.8 Å². The maximum Gasteiger partial charge on any atom is 0.345 e. The molecule has 0 bridgehead atoms. The van der Waals surface area contributed by atoms with Gasteiger partial charge < -0.3 is 8.83 Å². The SMILES string of the molecule is O=c1oc2cccc3c4c(-c5cccs5)c(=O)oc5cccc(c(c1-c1cccs1)c23)c54. The molecular weight excluding hydrogens is 440 g/mol. The lowest BCUT2D eigenvalue weighted by atomic mass is 9.89. The Morgan fingerprint density at radius 2 is 1.00 bits per heavy atom. The van der Waals surface area contributed by atoms with Crippen molar-refractivity contribution in [2.45, 2.75) is 0 Å². The van der Waals surface area contributed by atoms with Gasteiger partial charge in [0.25, 0.3) is 0 Å². The molecule has 0 radical (unpaired) electrons. The van der Waals surface area contributed by atoms with E-state index in [1.165, 1.54) is 22.7 Å². The van der Waals surface area contributed by atoms with Gasteiger partial charge in [-0.3, -0.25) is 0 Å². The first-order valence-corrected chi connectivity index (χ1v) is 11.8. The van der Waals surface area contributed by atoms with E-state index < -0.39 is 0 Å². The van der Waals surface area contributed by atoms with Crippen molar-refractivity contribution in [1.29, 1.82) is 0 Å². The van der Waals surface area contributed by atoms with Crippen LogP contribution in [0.1, 0.15) is 0 Å². The molecule has 6 heteroatoms. The number of rotatable bonds is 2. The molecule has 0 saturated carbocycles. The van der Waals surface area contributed by atoms with Crippen LogP contribution in [-0.4, -0.2) is 0 Å². The van der Waals surface area contributed by atoms with Gasteiger partial charge in [-0.1, -0.05) is 36.4 Å². The second-order valence-electron chi connectivity index (χ2n) is 7.59. The van der Waals surface area contributed by atoms with Crippen LogP contribution in [0.5, 0.6) is 0 Å². The summed E-state index contributed by atoms with van der Waals surface area (Å²) in [6.07, 6.45) is 0. The van der Waals surface area contributed by atoms with E-state index in [0.717, 1.165) is 42.1 Å². The highest BCUT2D eigenvalue weighted by molar-refractivity contribution is 7.14. The fraction of sp³-hybridized carbons (Fsp3) is 0. The summed E-state index contributed by atoms with van der Waals surface area (Å²) in [7, 11) is 0. The number of hydrogen-bond donors (Lipinski definition) is 0. The lowest BCUT2D eigenvalue weighted by Gasteiger charge is -2.16. The first kappa shape index (κ1) is 17.9. The molecule has 152 valence electrons. The largest absolute Gasteiger partial charge is 0.422 e. The zero-order valence-corrected chi connectivity index (χ0v) is 18.0. The molecule has 0 aliphatic rings. The summed E-state index contributed by atoms with van der Waals surface area (Å²) in [6, 6.07) is 19.0. The Balaban J connectivity index is 1.88. The average molecular weight is 453 g/mol. The molecule has 0 unspecified atom stereocenters. The highest BCUT2D eigenvalue weighted by Crippen LogP contribution is 2.45. The highest BCUT2D eigenvalue weighted by atomic mass is 32.1. The van der Waals surface area contributed by atoms with E-state index in [4.69, 9.17) is 8.83 Å². The minimum Gasteiger partial charge on any atom is -0.422 e. The molecule has 32 heavy (non-hydrogen) atoms. The normalized spacial score (nSPS) is 12.0. The molecule has 7 aromatic rings. The van der Waals surface area contributed by atoms with Crippen LogP contribution in [0.3, 0.4) is 0 Å². The Morgan fingerprint density at radius 1 is 0.531 bits per heavy atom. The van der Waals surface area contributed by atoms with Crippen LogP contribution in [0, 0.1) is 0 Å². The summed E-state index contributed by atoms with van der Waals surface area (Å²) < 4.78 is 11.6. The molecule has 0 atom stereocenters. The number of benzene rings is 3. The molecule has 0 saturated heterocycles. The van der Waals surface area contributed by atoms with Gasteiger partial charge in [0.15, 0.2) is 0 Å². The Hall–Kier alpha value is -3.74. The minimum atomic E-state index is -0.372. The fourth-order valence-electron chi connectivity index (χ4n) is 4.75. The van der Waals surface area contributed by atoms with Crippen LogP contribution in [0.15, 0.2) is 89.8 Å². The van der Waals surface area contributed by atoms with E-state index in [-0.39, 0.29) is 11.3 Å². The molecule has 4 heterocycles. The lowest BCUT2D eigenvalue weighted by Crippen LogP contribution is -2.07. The second kappa shape index (κ2) is 6.38. The van der Waals surface area contributed by atoms with Crippen LogP contribution in [-0.2, 0) is 0 Å². The third-order valence-electron chi connectivity index (χ3n) is 5.94. The summed E-state index contributed by atoms with van der Waals surface area (Å²) in [5.41, 5.74) is 1.36. The smallest absolute Gasteiger partial charge is 0.345 e. The zero-order chi connectivity index (χ0) is 21.4. The van der Waals surface area contributed by atoms with Gasteiger partial charge >= 0.3 is 11.3 Å². The van der Waals surface area contributed by atoms with Crippen LogP contribution in [0.2, 0.25) is 0 Å². The van der Waals surface area contributed by atoms with Crippen molar-refractivity contribution in [3.8, 4) is 20.9 Å². The van der Waals surface area contributed by atoms with Crippen LogP contribution >= 0.6 is 22.7 Å². The van der Waals surface area contributed by atoms with Crippen molar-refractivity contribution in [3.63, 3.8) is 0 Å². The predicted octanol–water partition coefficient (Wildman–Crippen LogP) is 7.10. The first-order valence-electron chi connectivity index (χ1n) is 10.0. The van der Waals surface area contributed by atoms with E-state index in [9.17, 15) is 9.59 Å². The van der Waals surface area contributed by atoms with Gasteiger partial charge in [-0.15, -0.1) is 22.7 Å². The third kappa shape index (κ3) is 2.25. The summed E-state index contributed by atoms with van der Waals surface area (Å²) in [6.45, 7) is 0.